The summed E-state index contributed by atoms with van der Waals surface area (Å²) >= 11 is 0. The molecule has 1 aliphatic rings. The number of hydrogen-bond acceptors (Lipinski definition) is 2. The summed E-state index contributed by atoms with van der Waals surface area (Å²) in [6.07, 6.45) is 5.62. The second-order valence-electron chi connectivity index (χ2n) is 4.17. The lowest BCUT2D eigenvalue weighted by Crippen LogP contribution is -2.55. The Morgan fingerprint density at radius 1 is 1.67 bits per heavy atom. The topological polar surface area (TPSA) is 29.5 Å². The molecule has 0 spiro atoms. The van der Waals surface area contributed by atoms with Crippen LogP contribution in [0.25, 0.3) is 0 Å². The van der Waals surface area contributed by atoms with Gasteiger partial charge in [-0.25, -0.2) is 0 Å². The van der Waals surface area contributed by atoms with Gasteiger partial charge in [0.15, 0.2) is 0 Å². The van der Waals surface area contributed by atoms with Crippen LogP contribution in [0.5, 0.6) is 0 Å². The van der Waals surface area contributed by atoms with Crippen LogP contribution < -0.4 is 0 Å². The summed E-state index contributed by atoms with van der Waals surface area (Å²) in [5, 5.41) is -0.278. The molecule has 15 heavy (non-hydrogen) atoms. The minimum atomic E-state index is -0.278. The molecule has 1 aliphatic heterocycles. The maximum absolute atomic E-state index is 11.8. The molecule has 1 rings (SSSR count). The molecule has 0 aromatic heterocycles. The van der Waals surface area contributed by atoms with Crippen molar-refractivity contribution in [2.24, 2.45) is 0 Å². The Kier molecular flexibility index (Phi) is 4.54. The number of amides is 1. The van der Waals surface area contributed by atoms with E-state index in [1.54, 1.807) is 0 Å². The Morgan fingerprint density at radius 2 is 2.40 bits per heavy atom. The van der Waals surface area contributed by atoms with E-state index in [-0.39, 0.29) is 11.3 Å². The van der Waals surface area contributed by atoms with Crippen LogP contribution >= 0.6 is 0 Å². The zero-order chi connectivity index (χ0) is 11.3. The van der Waals surface area contributed by atoms with E-state index in [0.29, 0.717) is 0 Å². The van der Waals surface area contributed by atoms with Crippen LogP contribution in [0.2, 0.25) is 0 Å². The monoisotopic (exact) mass is 227 g/mol. The third-order valence-electron chi connectivity index (χ3n) is 2.91. The Labute approximate surface area is 94.9 Å². The van der Waals surface area contributed by atoms with Crippen LogP contribution in [-0.4, -0.2) is 39.5 Å². The van der Waals surface area contributed by atoms with Crippen molar-refractivity contribution in [3.63, 3.8) is 0 Å². The minimum absolute atomic E-state index is 0.00810. The molecule has 0 N–H and O–H groups in total. The lowest BCUT2D eigenvalue weighted by Gasteiger charge is -2.43. The van der Waals surface area contributed by atoms with Crippen LogP contribution in [-0.2, 0) is 9.53 Å². The number of hydrogen-bond donors (Lipinski definition) is 0. The summed E-state index contributed by atoms with van der Waals surface area (Å²) in [5.41, 5.74) is 0. The molecular formula is C11H21NO2Si. The molecule has 0 aromatic carbocycles. The molecule has 0 saturated carbocycles. The average Bonchev–Trinajstić information content (AvgIpc) is 2.25. The normalized spacial score (nSPS) is 26.2. The SMILES string of the molecule is C=CC(=O)N(CCC)C1([SiH3])CCCCO1. The third-order valence-corrected chi connectivity index (χ3v) is 4.24. The molecule has 0 aliphatic carbocycles. The summed E-state index contributed by atoms with van der Waals surface area (Å²) in [5.74, 6) is 0.00810. The number of carbonyl (C=O) groups is 1. The van der Waals surface area contributed by atoms with Gasteiger partial charge in [-0.1, -0.05) is 13.5 Å². The molecular weight excluding hydrogens is 206 g/mol. The molecule has 1 heterocycles. The van der Waals surface area contributed by atoms with Gasteiger partial charge in [0.25, 0.3) is 0 Å². The number of rotatable bonds is 4. The van der Waals surface area contributed by atoms with Gasteiger partial charge < -0.3 is 9.64 Å². The van der Waals surface area contributed by atoms with Gasteiger partial charge in [-0.15, -0.1) is 0 Å². The fourth-order valence-electron chi connectivity index (χ4n) is 2.05. The quantitative estimate of drug-likeness (QED) is 0.521. The number of carbonyl (C=O) groups excluding carboxylic acids is 1. The van der Waals surface area contributed by atoms with E-state index in [4.69, 9.17) is 4.74 Å². The average molecular weight is 227 g/mol. The molecule has 86 valence electrons. The van der Waals surface area contributed by atoms with E-state index in [9.17, 15) is 4.79 Å². The molecule has 1 fully saturated rings. The van der Waals surface area contributed by atoms with E-state index < -0.39 is 0 Å². The maximum Gasteiger partial charge on any atom is 0.247 e. The fourth-order valence-corrected chi connectivity index (χ4v) is 3.05. The Bertz CT molecular complexity index is 237. The van der Waals surface area contributed by atoms with Crippen molar-refractivity contribution in [3.05, 3.63) is 12.7 Å². The van der Waals surface area contributed by atoms with Gasteiger partial charge in [-0.3, -0.25) is 4.79 Å². The van der Waals surface area contributed by atoms with Gasteiger partial charge in [0.1, 0.15) is 5.35 Å². The molecule has 1 amide bonds. The highest BCUT2D eigenvalue weighted by Gasteiger charge is 2.35. The fraction of sp³-hybridized carbons (Fsp3) is 0.727. The lowest BCUT2D eigenvalue weighted by molar-refractivity contribution is -0.156. The van der Waals surface area contributed by atoms with E-state index in [2.05, 4.69) is 13.5 Å². The molecule has 4 heteroatoms. The van der Waals surface area contributed by atoms with Gasteiger partial charge in [-0.05, 0) is 31.8 Å². The molecule has 1 atom stereocenters. The van der Waals surface area contributed by atoms with Gasteiger partial charge in [0.05, 0.1) is 10.2 Å². The highest BCUT2D eigenvalue weighted by Crippen LogP contribution is 2.26. The summed E-state index contributed by atoms with van der Waals surface area (Å²) in [6.45, 7) is 7.20. The van der Waals surface area contributed by atoms with Crippen LogP contribution in [0, 0.1) is 0 Å². The first-order chi connectivity index (χ1) is 7.14. The molecule has 0 aromatic rings. The smallest absolute Gasteiger partial charge is 0.247 e. The third kappa shape index (κ3) is 2.92. The second-order valence-corrected chi connectivity index (χ2v) is 5.74. The molecule has 1 unspecified atom stereocenters. The van der Waals surface area contributed by atoms with Crippen molar-refractivity contribution in [2.75, 3.05) is 13.2 Å². The lowest BCUT2D eigenvalue weighted by atomic mass is 10.1. The highest BCUT2D eigenvalue weighted by atomic mass is 28.1. The summed E-state index contributed by atoms with van der Waals surface area (Å²) in [6, 6.07) is 0. The van der Waals surface area contributed by atoms with Crippen molar-refractivity contribution in [1.82, 2.24) is 4.90 Å². The van der Waals surface area contributed by atoms with Crippen molar-refractivity contribution in [2.45, 2.75) is 38.0 Å². The van der Waals surface area contributed by atoms with E-state index in [0.717, 1.165) is 49.1 Å². The van der Waals surface area contributed by atoms with E-state index in [1.807, 2.05) is 4.90 Å². The Morgan fingerprint density at radius 3 is 2.87 bits per heavy atom. The molecule has 3 nitrogen and oxygen atoms in total. The van der Waals surface area contributed by atoms with Crippen LogP contribution in [0.4, 0.5) is 0 Å². The van der Waals surface area contributed by atoms with Gasteiger partial charge in [-0.2, -0.15) is 0 Å². The predicted octanol–water partition coefficient (Wildman–Crippen LogP) is 0.631. The van der Waals surface area contributed by atoms with Crippen LogP contribution in [0.3, 0.4) is 0 Å². The van der Waals surface area contributed by atoms with Gasteiger partial charge in [0, 0.05) is 13.2 Å². The molecule has 1 saturated heterocycles. The minimum Gasteiger partial charge on any atom is -0.360 e. The Hall–Kier alpha value is -0.613. The first-order valence-corrected chi connectivity index (χ1v) is 6.72. The van der Waals surface area contributed by atoms with Crippen LogP contribution in [0.15, 0.2) is 12.7 Å². The Balaban J connectivity index is 2.75. The van der Waals surface area contributed by atoms with Crippen molar-refractivity contribution < 1.29 is 9.53 Å². The number of nitrogens with zero attached hydrogens (tertiary/aromatic N) is 1. The summed E-state index contributed by atoms with van der Waals surface area (Å²) < 4.78 is 5.82. The highest BCUT2D eigenvalue weighted by molar-refractivity contribution is 6.16. The molecule has 0 bridgehead atoms. The van der Waals surface area contributed by atoms with E-state index in [1.165, 1.54) is 6.08 Å². The summed E-state index contributed by atoms with van der Waals surface area (Å²) in [4.78, 5) is 13.6. The summed E-state index contributed by atoms with van der Waals surface area (Å²) in [7, 11) is 0.865. The molecule has 0 radical (unpaired) electrons. The van der Waals surface area contributed by atoms with Crippen LogP contribution in [0.1, 0.15) is 32.6 Å². The van der Waals surface area contributed by atoms with Crippen molar-refractivity contribution in [3.8, 4) is 0 Å². The maximum atomic E-state index is 11.8. The standard InChI is InChI=1S/C11H21NO2Si/c1-3-8-12(10(13)4-2)11(15)7-5-6-9-14-11/h4H,2-3,5-9H2,1,15H3. The van der Waals surface area contributed by atoms with E-state index >= 15 is 0 Å². The zero-order valence-electron chi connectivity index (χ0n) is 9.79. The number of ether oxygens (including phenoxy) is 1. The first-order valence-electron chi connectivity index (χ1n) is 5.72. The second kappa shape index (κ2) is 5.46. The predicted molar refractivity (Wildman–Crippen MR) is 64.7 cm³/mol. The van der Waals surface area contributed by atoms with Crippen molar-refractivity contribution in [1.29, 1.82) is 0 Å². The van der Waals surface area contributed by atoms with Crippen molar-refractivity contribution >= 4 is 16.1 Å². The zero-order valence-corrected chi connectivity index (χ0v) is 11.8. The van der Waals surface area contributed by atoms with Gasteiger partial charge in [0.2, 0.25) is 5.91 Å². The first kappa shape index (κ1) is 12.5. The van der Waals surface area contributed by atoms with Gasteiger partial charge >= 0.3 is 0 Å². The largest absolute Gasteiger partial charge is 0.360 e.